The van der Waals surface area contributed by atoms with Crippen LogP contribution in [0.1, 0.15) is 37.8 Å². The van der Waals surface area contributed by atoms with Crippen LogP contribution in [0, 0.1) is 5.92 Å². The number of nitrogens with zero attached hydrogens (tertiary/aromatic N) is 4. The van der Waals surface area contributed by atoms with Crippen LogP contribution in [0.15, 0.2) is 36.7 Å². The minimum absolute atomic E-state index is 0.00405. The summed E-state index contributed by atoms with van der Waals surface area (Å²) in [5, 5.41) is 7.45. The van der Waals surface area contributed by atoms with Gasteiger partial charge in [-0.15, -0.1) is 0 Å². The van der Waals surface area contributed by atoms with Gasteiger partial charge >= 0.3 is 6.03 Å². The molecule has 132 valence electrons. The lowest BCUT2D eigenvalue weighted by Crippen LogP contribution is -2.44. The Labute approximate surface area is 148 Å². The van der Waals surface area contributed by atoms with Crippen molar-refractivity contribution < 1.29 is 4.79 Å². The largest absolute Gasteiger partial charge is 0.323 e. The van der Waals surface area contributed by atoms with E-state index in [1.54, 1.807) is 6.20 Å². The predicted octanol–water partition coefficient (Wildman–Crippen LogP) is 3.32. The van der Waals surface area contributed by atoms with Gasteiger partial charge in [-0.1, -0.05) is 12.5 Å². The SMILES string of the molecule is O=C(Nc1ccn(CCc2ccccn2)n1)N1CCCC1C1CCC1. The monoisotopic (exact) mass is 339 g/mol. The first-order valence-corrected chi connectivity index (χ1v) is 9.30. The summed E-state index contributed by atoms with van der Waals surface area (Å²) in [4.78, 5) is 19.0. The summed E-state index contributed by atoms with van der Waals surface area (Å²) in [6, 6.07) is 8.22. The van der Waals surface area contributed by atoms with Crippen LogP contribution >= 0.6 is 0 Å². The number of hydrogen-bond acceptors (Lipinski definition) is 3. The predicted molar refractivity (Wildman–Crippen MR) is 96.3 cm³/mol. The summed E-state index contributed by atoms with van der Waals surface area (Å²) in [7, 11) is 0. The van der Waals surface area contributed by atoms with Crippen molar-refractivity contribution in [1.29, 1.82) is 0 Å². The second-order valence-electron chi connectivity index (χ2n) is 7.06. The molecule has 0 spiro atoms. The Bertz CT molecular complexity index is 710. The molecule has 0 aromatic carbocycles. The van der Waals surface area contributed by atoms with E-state index in [-0.39, 0.29) is 6.03 Å². The fourth-order valence-electron chi connectivity index (χ4n) is 3.87. The van der Waals surface area contributed by atoms with Gasteiger partial charge in [0.05, 0.1) is 0 Å². The summed E-state index contributed by atoms with van der Waals surface area (Å²) in [5.74, 6) is 1.34. The van der Waals surface area contributed by atoms with Crippen molar-refractivity contribution in [2.24, 2.45) is 5.92 Å². The summed E-state index contributed by atoms with van der Waals surface area (Å²) < 4.78 is 1.86. The normalized spacial score (nSPS) is 20.5. The molecular weight excluding hydrogens is 314 g/mol. The number of nitrogens with one attached hydrogen (secondary N) is 1. The number of hydrogen-bond donors (Lipinski definition) is 1. The van der Waals surface area contributed by atoms with Gasteiger partial charge in [0.1, 0.15) is 0 Å². The van der Waals surface area contributed by atoms with E-state index < -0.39 is 0 Å². The summed E-state index contributed by atoms with van der Waals surface area (Å²) in [6.07, 6.45) is 10.7. The highest BCUT2D eigenvalue weighted by atomic mass is 16.2. The highest BCUT2D eigenvalue weighted by Gasteiger charge is 2.37. The first-order valence-electron chi connectivity index (χ1n) is 9.30. The average molecular weight is 339 g/mol. The maximum absolute atomic E-state index is 12.6. The Kier molecular flexibility index (Phi) is 4.68. The third kappa shape index (κ3) is 3.67. The van der Waals surface area contributed by atoms with E-state index >= 15 is 0 Å². The van der Waals surface area contributed by atoms with Crippen LogP contribution in [0.4, 0.5) is 10.6 Å². The van der Waals surface area contributed by atoms with Crippen molar-refractivity contribution in [1.82, 2.24) is 19.7 Å². The van der Waals surface area contributed by atoms with Crippen molar-refractivity contribution in [2.75, 3.05) is 11.9 Å². The maximum Gasteiger partial charge on any atom is 0.323 e. The molecule has 1 saturated heterocycles. The van der Waals surface area contributed by atoms with Crippen LogP contribution in [0.25, 0.3) is 0 Å². The van der Waals surface area contributed by atoms with Crippen molar-refractivity contribution in [3.05, 3.63) is 42.4 Å². The van der Waals surface area contributed by atoms with Gasteiger partial charge in [-0.2, -0.15) is 5.10 Å². The topological polar surface area (TPSA) is 63.1 Å². The lowest BCUT2D eigenvalue weighted by molar-refractivity contribution is 0.147. The van der Waals surface area contributed by atoms with Crippen molar-refractivity contribution in [3.63, 3.8) is 0 Å². The van der Waals surface area contributed by atoms with E-state index in [0.29, 0.717) is 17.8 Å². The number of amides is 2. The number of rotatable bonds is 5. The van der Waals surface area contributed by atoms with Crippen molar-refractivity contribution >= 4 is 11.8 Å². The second-order valence-corrected chi connectivity index (χ2v) is 7.06. The van der Waals surface area contributed by atoms with Crippen molar-refractivity contribution in [3.8, 4) is 0 Å². The molecule has 6 heteroatoms. The van der Waals surface area contributed by atoms with Crippen LogP contribution in [0.5, 0.6) is 0 Å². The van der Waals surface area contributed by atoms with Gasteiger partial charge in [-0.05, 0) is 43.7 Å². The van der Waals surface area contributed by atoms with Gasteiger partial charge in [-0.25, -0.2) is 4.79 Å². The third-order valence-electron chi connectivity index (χ3n) is 5.45. The smallest absolute Gasteiger partial charge is 0.321 e. The van der Waals surface area contributed by atoms with E-state index in [9.17, 15) is 4.79 Å². The molecule has 0 radical (unpaired) electrons. The lowest BCUT2D eigenvalue weighted by atomic mass is 9.79. The third-order valence-corrected chi connectivity index (χ3v) is 5.45. The van der Waals surface area contributed by atoms with Crippen LogP contribution < -0.4 is 5.32 Å². The molecule has 2 aromatic heterocycles. The number of aryl methyl sites for hydroxylation is 2. The number of urea groups is 1. The lowest BCUT2D eigenvalue weighted by Gasteiger charge is -2.36. The molecule has 2 amide bonds. The standard InChI is InChI=1S/C19H25N5O/c25-19(24-12-4-8-17(24)15-5-3-6-15)21-18-10-14-23(22-18)13-9-16-7-1-2-11-20-16/h1-2,7,10-11,14-15,17H,3-6,8-9,12-13H2,(H,21,22,25). The Morgan fingerprint density at radius 3 is 2.88 bits per heavy atom. The number of carbonyl (C=O) groups excluding carboxylic acids is 1. The number of carbonyl (C=O) groups is 1. The summed E-state index contributed by atoms with van der Waals surface area (Å²) in [5.41, 5.74) is 1.05. The van der Waals surface area contributed by atoms with Crippen LogP contribution in [-0.2, 0) is 13.0 Å². The molecule has 0 bridgehead atoms. The molecule has 1 atom stereocenters. The fraction of sp³-hybridized carbons (Fsp3) is 0.526. The molecule has 1 aliphatic carbocycles. The molecule has 1 N–H and O–H groups in total. The van der Waals surface area contributed by atoms with E-state index in [1.165, 1.54) is 19.3 Å². The number of likely N-dealkylation sites (tertiary alicyclic amines) is 1. The van der Waals surface area contributed by atoms with Gasteiger partial charge < -0.3 is 4.90 Å². The zero-order chi connectivity index (χ0) is 17.1. The van der Waals surface area contributed by atoms with Gasteiger partial charge in [0, 0.05) is 49.7 Å². The molecule has 1 unspecified atom stereocenters. The molecular formula is C19H25N5O. The molecule has 25 heavy (non-hydrogen) atoms. The molecule has 3 heterocycles. The molecule has 2 aromatic rings. The highest BCUT2D eigenvalue weighted by Crippen LogP contribution is 2.37. The number of pyridine rings is 1. The molecule has 4 rings (SSSR count). The Morgan fingerprint density at radius 1 is 1.20 bits per heavy atom. The number of aromatic nitrogens is 3. The van der Waals surface area contributed by atoms with Gasteiger partial charge in [-0.3, -0.25) is 15.0 Å². The summed E-state index contributed by atoms with van der Waals surface area (Å²) in [6.45, 7) is 1.62. The molecule has 2 fully saturated rings. The minimum atomic E-state index is 0.00405. The Hall–Kier alpha value is -2.37. The quantitative estimate of drug-likeness (QED) is 0.909. The first-order chi connectivity index (χ1) is 12.3. The zero-order valence-electron chi connectivity index (χ0n) is 14.5. The summed E-state index contributed by atoms with van der Waals surface area (Å²) >= 11 is 0. The molecule has 1 saturated carbocycles. The molecule has 6 nitrogen and oxygen atoms in total. The minimum Gasteiger partial charge on any atom is -0.321 e. The second kappa shape index (κ2) is 7.25. The Morgan fingerprint density at radius 2 is 2.12 bits per heavy atom. The fourth-order valence-corrected chi connectivity index (χ4v) is 3.87. The van der Waals surface area contributed by atoms with Crippen LogP contribution in [0.3, 0.4) is 0 Å². The average Bonchev–Trinajstić information content (AvgIpc) is 3.22. The van der Waals surface area contributed by atoms with Gasteiger partial charge in [0.15, 0.2) is 5.82 Å². The van der Waals surface area contributed by atoms with Gasteiger partial charge in [0.2, 0.25) is 0 Å². The van der Waals surface area contributed by atoms with Crippen LogP contribution in [0.2, 0.25) is 0 Å². The molecule has 2 aliphatic rings. The van der Waals surface area contributed by atoms with E-state index in [2.05, 4.69) is 15.4 Å². The van der Waals surface area contributed by atoms with E-state index in [0.717, 1.165) is 38.0 Å². The van der Waals surface area contributed by atoms with Crippen LogP contribution in [-0.4, -0.2) is 38.3 Å². The number of anilines is 1. The Balaban J connectivity index is 1.32. The van der Waals surface area contributed by atoms with E-state index in [1.807, 2.05) is 40.0 Å². The van der Waals surface area contributed by atoms with E-state index in [4.69, 9.17) is 0 Å². The zero-order valence-corrected chi connectivity index (χ0v) is 14.5. The molecule has 1 aliphatic heterocycles. The first kappa shape index (κ1) is 16.1. The highest BCUT2D eigenvalue weighted by molar-refractivity contribution is 5.88. The van der Waals surface area contributed by atoms with Crippen molar-refractivity contribution in [2.45, 2.75) is 51.1 Å². The maximum atomic E-state index is 12.6. The van der Waals surface area contributed by atoms with Gasteiger partial charge in [0.25, 0.3) is 0 Å².